The van der Waals surface area contributed by atoms with Gasteiger partial charge in [0, 0.05) is 17.3 Å². The number of aromatic amines is 1. The van der Waals surface area contributed by atoms with Gasteiger partial charge >= 0.3 is 0 Å². The molecule has 0 fully saturated rings. The lowest BCUT2D eigenvalue weighted by Gasteiger charge is -2.00. The van der Waals surface area contributed by atoms with Gasteiger partial charge in [-0.1, -0.05) is 24.3 Å². The van der Waals surface area contributed by atoms with Crippen LogP contribution < -0.4 is 5.32 Å². The Kier molecular flexibility index (Phi) is 3.80. The average Bonchev–Trinajstić information content (AvgIpc) is 2.70. The summed E-state index contributed by atoms with van der Waals surface area (Å²) in [5.41, 5.74) is 4.08. The molecule has 0 aliphatic heterocycles. The average molecular weight is 255 g/mol. The van der Waals surface area contributed by atoms with E-state index in [2.05, 4.69) is 15.5 Å². The quantitative estimate of drug-likeness (QED) is 0.828. The summed E-state index contributed by atoms with van der Waals surface area (Å²) < 4.78 is 0. The van der Waals surface area contributed by atoms with E-state index in [1.165, 1.54) is 6.08 Å². The van der Waals surface area contributed by atoms with Crippen LogP contribution in [0, 0.1) is 20.8 Å². The van der Waals surface area contributed by atoms with E-state index in [-0.39, 0.29) is 5.91 Å². The Morgan fingerprint density at radius 2 is 2.00 bits per heavy atom. The van der Waals surface area contributed by atoms with Crippen LogP contribution in [0.1, 0.15) is 22.4 Å². The molecule has 1 amide bonds. The topological polar surface area (TPSA) is 57.8 Å². The van der Waals surface area contributed by atoms with Crippen LogP contribution >= 0.6 is 0 Å². The first-order chi connectivity index (χ1) is 9.08. The highest BCUT2D eigenvalue weighted by Crippen LogP contribution is 2.14. The number of rotatable bonds is 3. The molecule has 4 heteroatoms. The van der Waals surface area contributed by atoms with Crippen molar-refractivity contribution in [1.29, 1.82) is 0 Å². The highest BCUT2D eigenvalue weighted by Gasteiger charge is 2.07. The highest BCUT2D eigenvalue weighted by atomic mass is 16.1. The maximum Gasteiger partial charge on any atom is 0.249 e. The van der Waals surface area contributed by atoms with E-state index >= 15 is 0 Å². The number of nitrogens with one attached hydrogen (secondary N) is 2. The van der Waals surface area contributed by atoms with Crippen molar-refractivity contribution in [2.24, 2.45) is 0 Å². The zero-order chi connectivity index (χ0) is 13.8. The van der Waals surface area contributed by atoms with Crippen LogP contribution in [0.15, 0.2) is 30.3 Å². The van der Waals surface area contributed by atoms with Gasteiger partial charge in [-0.05, 0) is 38.0 Å². The number of hydrogen-bond acceptors (Lipinski definition) is 2. The van der Waals surface area contributed by atoms with Crippen LogP contribution in [-0.2, 0) is 4.79 Å². The first kappa shape index (κ1) is 13.1. The Hall–Kier alpha value is -2.36. The summed E-state index contributed by atoms with van der Waals surface area (Å²) in [6.07, 6.45) is 3.32. The Morgan fingerprint density at radius 1 is 1.26 bits per heavy atom. The van der Waals surface area contributed by atoms with E-state index in [9.17, 15) is 4.79 Å². The van der Waals surface area contributed by atoms with Crippen LogP contribution in [0.25, 0.3) is 6.08 Å². The lowest BCUT2D eigenvalue weighted by Crippen LogP contribution is -2.09. The number of carbonyl (C=O) groups excluding carboxylic acids is 1. The zero-order valence-corrected chi connectivity index (χ0v) is 11.3. The molecule has 0 aliphatic rings. The predicted molar refractivity (Wildman–Crippen MR) is 76.9 cm³/mol. The van der Waals surface area contributed by atoms with Crippen molar-refractivity contribution in [1.82, 2.24) is 10.2 Å². The molecule has 4 nitrogen and oxygen atoms in total. The third-order valence-electron chi connectivity index (χ3n) is 3.10. The first-order valence-electron chi connectivity index (χ1n) is 6.14. The molecule has 2 N–H and O–H groups in total. The van der Waals surface area contributed by atoms with Crippen LogP contribution in [0.5, 0.6) is 0 Å². The van der Waals surface area contributed by atoms with Crippen molar-refractivity contribution in [2.45, 2.75) is 20.8 Å². The standard InChI is InChI=1S/C15H17N3O/c1-10-6-4-5-7-13(10)8-9-14(19)16-15-11(2)12(3)17-18-15/h4-9H,1-3H3,(H2,16,17,18,19)/b9-8+. The van der Waals surface area contributed by atoms with Gasteiger partial charge in [-0.15, -0.1) is 0 Å². The molecular weight excluding hydrogens is 238 g/mol. The minimum absolute atomic E-state index is 0.183. The van der Waals surface area contributed by atoms with Crippen molar-refractivity contribution < 1.29 is 4.79 Å². The molecule has 0 aliphatic carbocycles. The molecule has 1 heterocycles. The van der Waals surface area contributed by atoms with E-state index < -0.39 is 0 Å². The smallest absolute Gasteiger partial charge is 0.249 e. The molecule has 0 spiro atoms. The molecule has 2 aromatic rings. The molecule has 1 aromatic carbocycles. The lowest BCUT2D eigenvalue weighted by atomic mass is 10.1. The Bertz CT molecular complexity index is 626. The molecule has 0 bridgehead atoms. The van der Waals surface area contributed by atoms with Gasteiger partial charge < -0.3 is 5.32 Å². The van der Waals surface area contributed by atoms with Crippen molar-refractivity contribution >= 4 is 17.8 Å². The number of anilines is 1. The normalized spacial score (nSPS) is 10.9. The maximum absolute atomic E-state index is 11.8. The van der Waals surface area contributed by atoms with Crippen LogP contribution in [0.3, 0.4) is 0 Å². The van der Waals surface area contributed by atoms with E-state index in [1.807, 2.05) is 45.0 Å². The predicted octanol–water partition coefficient (Wildman–Crippen LogP) is 2.99. The van der Waals surface area contributed by atoms with Crippen LogP contribution in [0.2, 0.25) is 0 Å². The van der Waals surface area contributed by atoms with Crippen molar-refractivity contribution in [2.75, 3.05) is 5.32 Å². The van der Waals surface area contributed by atoms with Gasteiger partial charge in [0.1, 0.15) is 0 Å². The third-order valence-corrected chi connectivity index (χ3v) is 3.10. The van der Waals surface area contributed by atoms with E-state index in [4.69, 9.17) is 0 Å². The minimum Gasteiger partial charge on any atom is -0.305 e. The lowest BCUT2D eigenvalue weighted by molar-refractivity contribution is -0.111. The molecule has 19 heavy (non-hydrogen) atoms. The van der Waals surface area contributed by atoms with Crippen molar-refractivity contribution in [3.05, 3.63) is 52.7 Å². The van der Waals surface area contributed by atoms with Crippen LogP contribution in [0.4, 0.5) is 5.82 Å². The fourth-order valence-corrected chi connectivity index (χ4v) is 1.70. The maximum atomic E-state index is 11.8. The number of nitrogens with zero attached hydrogens (tertiary/aromatic N) is 1. The Balaban J connectivity index is 2.06. The van der Waals surface area contributed by atoms with Crippen LogP contribution in [-0.4, -0.2) is 16.1 Å². The Morgan fingerprint density at radius 3 is 2.63 bits per heavy atom. The molecule has 0 radical (unpaired) electrons. The molecule has 0 atom stereocenters. The number of hydrogen-bond donors (Lipinski definition) is 2. The highest BCUT2D eigenvalue weighted by molar-refractivity contribution is 6.01. The van der Waals surface area contributed by atoms with Gasteiger partial charge in [0.2, 0.25) is 5.91 Å². The van der Waals surface area contributed by atoms with E-state index in [0.717, 1.165) is 22.4 Å². The largest absolute Gasteiger partial charge is 0.305 e. The monoisotopic (exact) mass is 255 g/mol. The van der Waals surface area contributed by atoms with Gasteiger partial charge in [-0.3, -0.25) is 9.89 Å². The van der Waals surface area contributed by atoms with Crippen molar-refractivity contribution in [3.8, 4) is 0 Å². The summed E-state index contributed by atoms with van der Waals surface area (Å²) in [5.74, 6) is 0.398. The molecule has 0 unspecified atom stereocenters. The number of carbonyl (C=O) groups is 1. The number of amides is 1. The van der Waals surface area contributed by atoms with Gasteiger partial charge in [0.25, 0.3) is 0 Å². The van der Waals surface area contributed by atoms with Gasteiger partial charge in [0.15, 0.2) is 5.82 Å². The number of H-pyrrole nitrogens is 1. The number of aromatic nitrogens is 2. The fraction of sp³-hybridized carbons (Fsp3) is 0.200. The van der Waals surface area contributed by atoms with E-state index in [0.29, 0.717) is 5.82 Å². The second-order valence-electron chi connectivity index (χ2n) is 4.50. The number of benzene rings is 1. The molecular formula is C15H17N3O. The zero-order valence-electron chi connectivity index (χ0n) is 11.3. The molecule has 2 rings (SSSR count). The molecule has 0 saturated heterocycles. The summed E-state index contributed by atoms with van der Waals surface area (Å²) in [4.78, 5) is 11.8. The molecule has 1 aromatic heterocycles. The summed E-state index contributed by atoms with van der Waals surface area (Å²) in [5, 5.41) is 9.63. The summed E-state index contributed by atoms with van der Waals surface area (Å²) >= 11 is 0. The molecule has 0 saturated carbocycles. The third kappa shape index (κ3) is 3.10. The minimum atomic E-state index is -0.183. The number of aryl methyl sites for hydroxylation is 2. The second kappa shape index (κ2) is 5.52. The summed E-state index contributed by atoms with van der Waals surface area (Å²) in [6.45, 7) is 5.85. The SMILES string of the molecule is Cc1ccccc1/C=C/C(=O)Nc1n[nH]c(C)c1C. The first-order valence-corrected chi connectivity index (χ1v) is 6.14. The summed E-state index contributed by atoms with van der Waals surface area (Å²) in [6, 6.07) is 7.91. The Labute approximate surface area is 112 Å². The van der Waals surface area contributed by atoms with Gasteiger partial charge in [-0.25, -0.2) is 0 Å². The van der Waals surface area contributed by atoms with Crippen molar-refractivity contribution in [3.63, 3.8) is 0 Å². The van der Waals surface area contributed by atoms with Gasteiger partial charge in [-0.2, -0.15) is 5.10 Å². The van der Waals surface area contributed by atoms with Gasteiger partial charge in [0.05, 0.1) is 0 Å². The molecule has 98 valence electrons. The fourth-order valence-electron chi connectivity index (χ4n) is 1.70. The second-order valence-corrected chi connectivity index (χ2v) is 4.50. The summed E-state index contributed by atoms with van der Waals surface area (Å²) in [7, 11) is 0. The van der Waals surface area contributed by atoms with E-state index in [1.54, 1.807) is 6.08 Å².